The molecule has 0 atom stereocenters. The fourth-order valence-electron chi connectivity index (χ4n) is 3.23. The molecule has 0 aliphatic carbocycles. The summed E-state index contributed by atoms with van der Waals surface area (Å²) >= 11 is 3.54. The smallest absolute Gasteiger partial charge is 0.193 e. The zero-order valence-electron chi connectivity index (χ0n) is 16.4. The lowest BCUT2D eigenvalue weighted by Gasteiger charge is -2.22. The van der Waals surface area contributed by atoms with Gasteiger partial charge in [-0.2, -0.15) is 0 Å². The van der Waals surface area contributed by atoms with E-state index in [1.54, 1.807) is 23.1 Å². The van der Waals surface area contributed by atoms with Gasteiger partial charge in [-0.25, -0.2) is 4.98 Å². The molecule has 0 bridgehead atoms. The summed E-state index contributed by atoms with van der Waals surface area (Å²) in [5.74, 6) is 0.916. The van der Waals surface area contributed by atoms with Crippen LogP contribution in [0.2, 0.25) is 0 Å². The van der Waals surface area contributed by atoms with E-state index in [-0.39, 0.29) is 0 Å². The summed E-state index contributed by atoms with van der Waals surface area (Å²) in [6, 6.07) is 8.71. The van der Waals surface area contributed by atoms with Gasteiger partial charge < -0.3 is 15.1 Å². The molecule has 1 aliphatic heterocycles. The summed E-state index contributed by atoms with van der Waals surface area (Å²) in [5.41, 5.74) is 2.45. The van der Waals surface area contributed by atoms with E-state index < -0.39 is 0 Å². The van der Waals surface area contributed by atoms with Crippen molar-refractivity contribution in [2.75, 3.05) is 44.9 Å². The number of aromatic nitrogens is 1. The van der Waals surface area contributed by atoms with Gasteiger partial charge >= 0.3 is 0 Å². The predicted molar refractivity (Wildman–Crippen MR) is 118 cm³/mol. The number of anilines is 1. The molecule has 1 aliphatic rings. The van der Waals surface area contributed by atoms with Crippen molar-refractivity contribution in [3.8, 4) is 0 Å². The number of thioether (sulfide) groups is 1. The molecule has 0 radical (unpaired) electrons. The van der Waals surface area contributed by atoms with Crippen LogP contribution < -0.4 is 10.2 Å². The van der Waals surface area contributed by atoms with Gasteiger partial charge in [0.05, 0.1) is 5.69 Å². The molecule has 0 amide bonds. The van der Waals surface area contributed by atoms with Gasteiger partial charge in [0, 0.05) is 57.0 Å². The number of benzene rings is 1. The summed E-state index contributed by atoms with van der Waals surface area (Å²) in [6.07, 6.45) is 5.60. The first-order valence-electron chi connectivity index (χ1n) is 9.43. The van der Waals surface area contributed by atoms with Gasteiger partial charge in [0.2, 0.25) is 0 Å². The summed E-state index contributed by atoms with van der Waals surface area (Å²) < 4.78 is 0. The number of nitrogens with one attached hydrogen (secondary N) is 1. The largest absolute Gasteiger partial charge is 0.356 e. The Morgan fingerprint density at radius 1 is 1.30 bits per heavy atom. The third-order valence-corrected chi connectivity index (χ3v) is 6.43. The lowest BCUT2D eigenvalue weighted by Crippen LogP contribution is -2.39. The molecule has 5 nitrogen and oxygen atoms in total. The number of rotatable bonds is 7. The molecule has 7 heteroatoms. The highest BCUT2D eigenvalue weighted by atomic mass is 32.2. The monoisotopic (exact) mass is 403 g/mol. The van der Waals surface area contributed by atoms with Gasteiger partial charge in [0.25, 0.3) is 0 Å². The Morgan fingerprint density at radius 2 is 2.04 bits per heavy atom. The molecule has 27 heavy (non-hydrogen) atoms. The van der Waals surface area contributed by atoms with Crippen LogP contribution in [0.25, 0.3) is 0 Å². The van der Waals surface area contributed by atoms with Crippen LogP contribution in [0.1, 0.15) is 24.1 Å². The molecule has 0 unspecified atom stereocenters. The molecule has 0 spiro atoms. The minimum Gasteiger partial charge on any atom is -0.356 e. The van der Waals surface area contributed by atoms with Gasteiger partial charge in [-0.05, 0) is 36.8 Å². The molecule has 2 aromatic rings. The van der Waals surface area contributed by atoms with Gasteiger partial charge in [-0.1, -0.05) is 12.1 Å². The number of nitrogens with zero attached hydrogens (tertiary/aromatic N) is 4. The van der Waals surface area contributed by atoms with E-state index >= 15 is 0 Å². The minimum atomic E-state index is 0.837. The minimum absolute atomic E-state index is 0.837. The van der Waals surface area contributed by atoms with E-state index in [9.17, 15) is 0 Å². The molecule has 0 saturated carbocycles. The average Bonchev–Trinajstić information content (AvgIpc) is 3.37. The fourth-order valence-corrected chi connectivity index (χ4v) is 4.55. The van der Waals surface area contributed by atoms with Crippen LogP contribution in [0.5, 0.6) is 0 Å². The molecular formula is C20H29N5S2. The van der Waals surface area contributed by atoms with Crippen molar-refractivity contribution in [2.24, 2.45) is 4.99 Å². The van der Waals surface area contributed by atoms with Crippen LogP contribution in [-0.2, 0) is 13.0 Å². The molecule has 1 fully saturated rings. The second kappa shape index (κ2) is 9.99. The predicted octanol–water partition coefficient (Wildman–Crippen LogP) is 3.72. The van der Waals surface area contributed by atoms with E-state index in [1.807, 2.05) is 7.05 Å². The highest BCUT2D eigenvalue weighted by Crippen LogP contribution is 2.24. The van der Waals surface area contributed by atoms with Crippen molar-refractivity contribution in [3.63, 3.8) is 0 Å². The second-order valence-electron chi connectivity index (χ2n) is 6.74. The summed E-state index contributed by atoms with van der Waals surface area (Å²) in [5, 5.41) is 6.83. The maximum atomic E-state index is 4.79. The SMILES string of the molecule is CN=C(NCCc1csc(N2CCCC2)n1)N(C)Cc1ccc(SC)cc1. The van der Waals surface area contributed by atoms with Crippen molar-refractivity contribution in [1.82, 2.24) is 15.2 Å². The molecule has 1 aromatic carbocycles. The number of hydrogen-bond acceptors (Lipinski definition) is 5. The molecule has 1 saturated heterocycles. The van der Waals surface area contributed by atoms with E-state index in [0.29, 0.717) is 0 Å². The maximum Gasteiger partial charge on any atom is 0.193 e. The number of thiazole rings is 1. The van der Waals surface area contributed by atoms with Crippen molar-refractivity contribution in [1.29, 1.82) is 0 Å². The van der Waals surface area contributed by atoms with Crippen molar-refractivity contribution >= 4 is 34.2 Å². The number of hydrogen-bond donors (Lipinski definition) is 1. The van der Waals surface area contributed by atoms with Crippen LogP contribution in [0.4, 0.5) is 5.13 Å². The van der Waals surface area contributed by atoms with Gasteiger partial charge in [-0.15, -0.1) is 23.1 Å². The van der Waals surface area contributed by atoms with E-state index in [1.165, 1.54) is 34.1 Å². The first-order valence-corrected chi connectivity index (χ1v) is 11.5. The molecule has 146 valence electrons. The van der Waals surface area contributed by atoms with Crippen molar-refractivity contribution < 1.29 is 0 Å². The molecule has 1 N–H and O–H groups in total. The van der Waals surface area contributed by atoms with E-state index in [0.717, 1.165) is 38.6 Å². The van der Waals surface area contributed by atoms with Crippen LogP contribution in [-0.4, -0.2) is 55.8 Å². The standard InChI is InChI=1S/C20H29N5S2/c1-21-19(24(2)14-16-6-8-18(26-3)9-7-16)22-11-10-17-15-27-20(23-17)25-12-4-5-13-25/h6-9,15H,4-5,10-14H2,1-3H3,(H,21,22). The van der Waals surface area contributed by atoms with Crippen molar-refractivity contribution in [3.05, 3.63) is 40.9 Å². The third-order valence-electron chi connectivity index (χ3n) is 4.73. The Morgan fingerprint density at radius 3 is 2.70 bits per heavy atom. The Balaban J connectivity index is 1.46. The van der Waals surface area contributed by atoms with Crippen LogP contribution in [0, 0.1) is 0 Å². The first kappa shape index (κ1) is 20.0. The van der Waals surface area contributed by atoms with Gasteiger partial charge in [0.1, 0.15) is 0 Å². The third kappa shape index (κ3) is 5.62. The Labute approximate surface area is 170 Å². The van der Waals surface area contributed by atoms with Crippen LogP contribution in [0.3, 0.4) is 0 Å². The lowest BCUT2D eigenvalue weighted by atomic mass is 10.2. The number of aliphatic imine (C=N–C) groups is 1. The normalized spacial score (nSPS) is 14.6. The fraction of sp³-hybridized carbons (Fsp3) is 0.500. The average molecular weight is 404 g/mol. The zero-order chi connectivity index (χ0) is 19.1. The van der Waals surface area contributed by atoms with Crippen molar-refractivity contribution in [2.45, 2.75) is 30.7 Å². The molecular weight excluding hydrogens is 374 g/mol. The Kier molecular flexibility index (Phi) is 7.41. The maximum absolute atomic E-state index is 4.79. The quantitative estimate of drug-likeness (QED) is 0.434. The highest BCUT2D eigenvalue weighted by molar-refractivity contribution is 7.98. The first-order chi connectivity index (χ1) is 13.2. The Bertz CT molecular complexity index is 735. The Hall–Kier alpha value is -1.73. The number of guanidine groups is 1. The second-order valence-corrected chi connectivity index (χ2v) is 8.46. The summed E-state index contributed by atoms with van der Waals surface area (Å²) in [6.45, 7) is 3.98. The van der Waals surface area contributed by atoms with E-state index in [4.69, 9.17) is 4.98 Å². The summed E-state index contributed by atoms with van der Waals surface area (Å²) in [7, 11) is 3.91. The lowest BCUT2D eigenvalue weighted by molar-refractivity contribution is 0.477. The molecule has 2 heterocycles. The topological polar surface area (TPSA) is 43.8 Å². The van der Waals surface area contributed by atoms with E-state index in [2.05, 4.69) is 63.1 Å². The zero-order valence-corrected chi connectivity index (χ0v) is 18.1. The highest BCUT2D eigenvalue weighted by Gasteiger charge is 2.15. The molecule has 3 rings (SSSR count). The molecule has 1 aromatic heterocycles. The van der Waals surface area contributed by atoms with Gasteiger partial charge in [0.15, 0.2) is 11.1 Å². The summed E-state index contributed by atoms with van der Waals surface area (Å²) in [4.78, 5) is 15.1. The van der Waals surface area contributed by atoms with Crippen LogP contribution in [0.15, 0.2) is 39.5 Å². The van der Waals surface area contributed by atoms with Crippen LogP contribution >= 0.6 is 23.1 Å². The van der Waals surface area contributed by atoms with Gasteiger partial charge in [-0.3, -0.25) is 4.99 Å².